The average molecular weight is 609 g/mol. The minimum atomic E-state index is -4.27. The third-order valence-corrected chi connectivity index (χ3v) is 7.95. The van der Waals surface area contributed by atoms with Crippen molar-refractivity contribution in [2.75, 3.05) is 6.61 Å². The highest BCUT2D eigenvalue weighted by atomic mass is 32.2. The molecule has 224 valence electrons. The van der Waals surface area contributed by atoms with Crippen LogP contribution in [0, 0.1) is 35.3 Å². The summed E-state index contributed by atoms with van der Waals surface area (Å²) in [6.07, 6.45) is 5.54. The normalized spacial score (nSPS) is 15.9. The topological polar surface area (TPSA) is 151 Å². The average Bonchev–Trinajstić information content (AvgIpc) is 3.89. The van der Waals surface area contributed by atoms with E-state index >= 15 is 0 Å². The zero-order valence-corrected chi connectivity index (χ0v) is 24.2. The van der Waals surface area contributed by atoms with Crippen molar-refractivity contribution in [2.45, 2.75) is 50.3 Å². The van der Waals surface area contributed by atoms with Crippen molar-refractivity contribution in [1.82, 2.24) is 4.98 Å². The quantitative estimate of drug-likeness (QED) is 0.186. The van der Waals surface area contributed by atoms with E-state index in [-0.39, 0.29) is 41.9 Å². The van der Waals surface area contributed by atoms with Gasteiger partial charge in [0, 0.05) is 23.6 Å². The molecule has 0 spiro atoms. The van der Waals surface area contributed by atoms with Gasteiger partial charge in [0.15, 0.2) is 5.69 Å². The van der Waals surface area contributed by atoms with Crippen LogP contribution in [0.2, 0.25) is 0 Å². The largest absolute Gasteiger partial charge is 0.461 e. The molecule has 9 nitrogen and oxygen atoms in total. The van der Waals surface area contributed by atoms with Crippen LogP contribution in [0.5, 0.6) is 0 Å². The Morgan fingerprint density at radius 1 is 1.14 bits per heavy atom. The van der Waals surface area contributed by atoms with Crippen LogP contribution in [0.1, 0.15) is 66.2 Å². The summed E-state index contributed by atoms with van der Waals surface area (Å²) >= 11 is 0. The van der Waals surface area contributed by atoms with Crippen LogP contribution < -0.4 is 10.9 Å². The molecule has 0 aliphatic heterocycles. The Balaban J connectivity index is 1.61. The van der Waals surface area contributed by atoms with E-state index in [1.165, 1.54) is 18.2 Å². The Hall–Kier alpha value is -4.34. The molecule has 0 bridgehead atoms. The smallest absolute Gasteiger partial charge is 0.360 e. The van der Waals surface area contributed by atoms with Gasteiger partial charge in [0.25, 0.3) is 0 Å². The van der Waals surface area contributed by atoms with Gasteiger partial charge < -0.3 is 14.9 Å². The number of aliphatic imine (C=N–C) groups is 1. The summed E-state index contributed by atoms with van der Waals surface area (Å²) in [5.41, 5.74) is 8.94. The van der Waals surface area contributed by atoms with Crippen LogP contribution in [-0.2, 0) is 21.2 Å². The lowest BCUT2D eigenvalue weighted by Crippen LogP contribution is -2.16. The van der Waals surface area contributed by atoms with E-state index in [0.29, 0.717) is 34.8 Å². The standard InChI is InChI=1S/C31H30F2N4O5S/c1-2-41-30(38)27-17-42-31(37-27)36-26(15-19-5-6-19)23(13-20-8-12-28(25(33)14-20)43(35,39)40)29(34)22-10-11-24(32)21(16-22)9-7-18-3-4-18/h8,10-12,14,16-19H,2-6,13,15,34H2,1H3,(H2,35,39,40). The van der Waals surface area contributed by atoms with Gasteiger partial charge in [-0.15, -0.1) is 0 Å². The molecule has 43 heavy (non-hydrogen) atoms. The molecule has 2 saturated carbocycles. The number of oxazole rings is 1. The molecule has 4 N–H and O–H groups in total. The van der Waals surface area contributed by atoms with E-state index in [2.05, 4.69) is 21.8 Å². The van der Waals surface area contributed by atoms with E-state index in [1.807, 2.05) is 0 Å². The van der Waals surface area contributed by atoms with Crippen molar-refractivity contribution in [3.63, 3.8) is 0 Å². The van der Waals surface area contributed by atoms with Gasteiger partial charge >= 0.3 is 12.0 Å². The number of sulfonamides is 1. The minimum Gasteiger partial charge on any atom is -0.461 e. The summed E-state index contributed by atoms with van der Waals surface area (Å²) in [7, 11) is -4.27. The first-order valence-electron chi connectivity index (χ1n) is 13.8. The Bertz CT molecular complexity index is 1800. The third kappa shape index (κ3) is 7.74. The monoisotopic (exact) mass is 608 g/mol. The van der Waals surface area contributed by atoms with Gasteiger partial charge in [-0.2, -0.15) is 9.98 Å². The van der Waals surface area contributed by atoms with Crippen molar-refractivity contribution in [3.8, 4) is 11.8 Å². The molecule has 0 amide bonds. The van der Waals surface area contributed by atoms with Crippen LogP contribution in [-0.4, -0.2) is 31.7 Å². The van der Waals surface area contributed by atoms with Gasteiger partial charge in [-0.3, -0.25) is 0 Å². The zero-order valence-electron chi connectivity index (χ0n) is 23.4. The Morgan fingerprint density at radius 2 is 1.91 bits per heavy atom. The fourth-order valence-electron chi connectivity index (χ4n) is 4.37. The first-order chi connectivity index (χ1) is 20.5. The van der Waals surface area contributed by atoms with Crippen molar-refractivity contribution >= 4 is 33.4 Å². The first-order valence-corrected chi connectivity index (χ1v) is 15.4. The molecule has 3 aromatic rings. The zero-order chi connectivity index (χ0) is 30.7. The number of carbonyl (C=O) groups is 1. The molecule has 0 saturated heterocycles. The van der Waals surface area contributed by atoms with Crippen LogP contribution in [0.25, 0.3) is 5.70 Å². The van der Waals surface area contributed by atoms with Gasteiger partial charge in [-0.05, 0) is 86.4 Å². The van der Waals surface area contributed by atoms with Crippen LogP contribution in [0.15, 0.2) is 62.5 Å². The summed E-state index contributed by atoms with van der Waals surface area (Å²) in [6, 6.07) is 7.87. The molecule has 2 aliphatic rings. The predicted octanol–water partition coefficient (Wildman–Crippen LogP) is 5.02. The molecule has 2 aliphatic carbocycles. The molecule has 0 unspecified atom stereocenters. The van der Waals surface area contributed by atoms with Crippen molar-refractivity contribution in [2.24, 2.45) is 27.7 Å². The number of hydrogen-bond acceptors (Lipinski definition) is 8. The highest BCUT2D eigenvalue weighted by Crippen LogP contribution is 2.36. The first kappa shape index (κ1) is 30.1. The summed E-state index contributed by atoms with van der Waals surface area (Å²) < 4.78 is 63.4. The van der Waals surface area contributed by atoms with Crippen molar-refractivity contribution < 1.29 is 31.1 Å². The Morgan fingerprint density at radius 3 is 2.56 bits per heavy atom. The highest BCUT2D eigenvalue weighted by Gasteiger charge is 2.28. The molecular formula is C31H30F2N4O5S. The van der Waals surface area contributed by atoms with Crippen molar-refractivity contribution in [1.29, 1.82) is 0 Å². The number of rotatable bonds is 10. The maximum absolute atomic E-state index is 14.8. The summed E-state index contributed by atoms with van der Waals surface area (Å²) in [4.78, 5) is 20.3. The number of primary sulfonamides is 1. The molecule has 0 atom stereocenters. The van der Waals surface area contributed by atoms with E-state index < -0.39 is 32.5 Å². The molecule has 5 rings (SSSR count). The molecule has 1 aromatic heterocycles. The number of hydrogen-bond donors (Lipinski definition) is 2. The number of allylic oxidation sites excluding steroid dienone is 1. The summed E-state index contributed by atoms with van der Waals surface area (Å²) in [5.74, 6) is 4.36. The Kier molecular flexibility index (Phi) is 8.75. The molecule has 2 aromatic carbocycles. The highest BCUT2D eigenvalue weighted by molar-refractivity contribution is 7.89. The van der Waals surface area contributed by atoms with E-state index in [1.54, 1.807) is 13.0 Å². The lowest BCUT2D eigenvalue weighted by atomic mass is 9.92. The molecule has 2 fully saturated rings. The molecule has 1 heterocycles. The lowest BCUT2D eigenvalue weighted by molar-refractivity contribution is 0.0519. The van der Waals surface area contributed by atoms with E-state index in [4.69, 9.17) is 20.0 Å². The number of nitrogens with zero attached hydrogens (tertiary/aromatic N) is 2. The summed E-state index contributed by atoms with van der Waals surface area (Å²) in [5, 5.41) is 5.14. The minimum absolute atomic E-state index is 0.0328. The Labute approximate surface area is 248 Å². The number of aromatic nitrogens is 1. The maximum atomic E-state index is 14.8. The third-order valence-electron chi connectivity index (χ3n) is 7.01. The lowest BCUT2D eigenvalue weighted by Gasteiger charge is -2.16. The maximum Gasteiger partial charge on any atom is 0.360 e. The van der Waals surface area contributed by atoms with Gasteiger partial charge in [-0.1, -0.05) is 17.9 Å². The number of ether oxygens (including phenoxy) is 1. The second kappa shape index (κ2) is 12.5. The number of halogens is 2. The van der Waals surface area contributed by atoms with Gasteiger partial charge in [0.05, 0.1) is 17.9 Å². The number of nitrogens with two attached hydrogens (primary N) is 2. The number of esters is 1. The van der Waals surface area contributed by atoms with E-state index in [0.717, 1.165) is 44.1 Å². The molecule has 0 radical (unpaired) electrons. The molecule has 12 heteroatoms. The summed E-state index contributed by atoms with van der Waals surface area (Å²) in [6.45, 7) is 1.83. The van der Waals surface area contributed by atoms with Crippen LogP contribution >= 0.6 is 0 Å². The second-order valence-electron chi connectivity index (χ2n) is 10.6. The SMILES string of the molecule is CCOC(=O)c1coc(N=C(CC2CC2)C(Cc2ccc(S(N)(=O)=O)c(F)c2)=C(N)c2ccc(F)c(C#CC3CC3)c2)n1. The number of carbonyl (C=O) groups excluding carboxylic acids is 1. The van der Waals surface area contributed by atoms with Gasteiger partial charge in [0.1, 0.15) is 22.8 Å². The fraction of sp³-hybridized carbons (Fsp3) is 0.323. The van der Waals surface area contributed by atoms with Gasteiger partial charge in [-0.25, -0.2) is 27.1 Å². The second-order valence-corrected chi connectivity index (χ2v) is 12.1. The van der Waals surface area contributed by atoms with Gasteiger partial charge in [0.2, 0.25) is 10.0 Å². The predicted molar refractivity (Wildman–Crippen MR) is 155 cm³/mol. The fourth-order valence-corrected chi connectivity index (χ4v) is 4.96. The van der Waals surface area contributed by atoms with E-state index in [9.17, 15) is 22.0 Å². The van der Waals surface area contributed by atoms with Crippen molar-refractivity contribution in [3.05, 3.63) is 82.3 Å². The van der Waals surface area contributed by atoms with Crippen LogP contribution in [0.3, 0.4) is 0 Å². The van der Waals surface area contributed by atoms with Crippen LogP contribution in [0.4, 0.5) is 14.8 Å². The molecular weight excluding hydrogens is 578 g/mol. The number of benzene rings is 2.